The minimum absolute atomic E-state index is 0.113. The largest absolute Gasteiger partial charge is 0.388 e. The second-order valence-corrected chi connectivity index (χ2v) is 5.92. The highest BCUT2D eigenvalue weighted by molar-refractivity contribution is 6.33. The van der Waals surface area contributed by atoms with Crippen LogP contribution in [0.1, 0.15) is 62.8 Å². The number of halogens is 1. The lowest BCUT2D eigenvalue weighted by Crippen LogP contribution is -2.40. The molecule has 1 aromatic heterocycles. The number of aliphatic hydroxyl groups is 1. The lowest BCUT2D eigenvalue weighted by atomic mass is 10.0. The molecule has 0 aliphatic rings. The van der Waals surface area contributed by atoms with E-state index in [1.165, 1.54) is 6.20 Å². The van der Waals surface area contributed by atoms with Crippen LogP contribution in [0, 0.1) is 0 Å². The van der Waals surface area contributed by atoms with Crippen molar-refractivity contribution in [3.05, 3.63) is 22.7 Å². The summed E-state index contributed by atoms with van der Waals surface area (Å²) in [6.45, 7) is 7.72. The van der Waals surface area contributed by atoms with Gasteiger partial charge in [0, 0.05) is 12.5 Å². The molecule has 112 valence electrons. The van der Waals surface area contributed by atoms with Crippen LogP contribution in [0.4, 0.5) is 0 Å². The topological polar surface area (TPSA) is 75.1 Å². The summed E-state index contributed by atoms with van der Waals surface area (Å²) in [5, 5.41) is 12.9. The minimum Gasteiger partial charge on any atom is -0.388 e. The summed E-state index contributed by atoms with van der Waals surface area (Å²) in [4.78, 5) is 20.4. The van der Waals surface area contributed by atoms with Crippen molar-refractivity contribution in [2.75, 3.05) is 6.54 Å². The number of rotatable bonds is 6. The predicted molar refractivity (Wildman–Crippen MR) is 79.0 cm³/mol. The smallest absolute Gasteiger partial charge is 0.271 e. The number of nitrogens with one attached hydrogen (secondary N) is 1. The van der Waals surface area contributed by atoms with Gasteiger partial charge in [-0.3, -0.25) is 4.79 Å². The fourth-order valence-corrected chi connectivity index (χ4v) is 1.98. The van der Waals surface area contributed by atoms with Gasteiger partial charge in [0.1, 0.15) is 11.5 Å². The molecular weight excluding hydrogens is 278 g/mol. The van der Waals surface area contributed by atoms with Crippen LogP contribution in [0.2, 0.25) is 5.02 Å². The molecule has 1 atom stereocenters. The minimum atomic E-state index is -0.926. The Morgan fingerprint density at radius 3 is 2.75 bits per heavy atom. The Morgan fingerprint density at radius 2 is 2.20 bits per heavy atom. The van der Waals surface area contributed by atoms with Crippen LogP contribution >= 0.6 is 11.6 Å². The Morgan fingerprint density at radius 1 is 1.55 bits per heavy atom. The third-order valence-electron chi connectivity index (χ3n) is 2.91. The van der Waals surface area contributed by atoms with Gasteiger partial charge in [0.25, 0.3) is 5.91 Å². The highest BCUT2D eigenvalue weighted by atomic mass is 35.5. The molecule has 0 spiro atoms. The second-order valence-electron chi connectivity index (χ2n) is 5.51. The standard InChI is InChI=1S/C14H22ClN3O2/c1-5-6-14(4,20)8-17-13(19)11-10(15)7-16-12(18-11)9(2)3/h7,9,20H,5-6,8H2,1-4H3,(H,17,19). The van der Waals surface area contributed by atoms with E-state index in [0.29, 0.717) is 12.2 Å². The average molecular weight is 300 g/mol. The highest BCUT2D eigenvalue weighted by Crippen LogP contribution is 2.17. The van der Waals surface area contributed by atoms with Gasteiger partial charge in [-0.15, -0.1) is 0 Å². The van der Waals surface area contributed by atoms with Crippen molar-refractivity contribution in [1.29, 1.82) is 0 Å². The third-order valence-corrected chi connectivity index (χ3v) is 3.19. The fourth-order valence-electron chi connectivity index (χ4n) is 1.80. The zero-order valence-electron chi connectivity index (χ0n) is 12.4. The van der Waals surface area contributed by atoms with Crippen molar-refractivity contribution in [2.45, 2.75) is 52.1 Å². The van der Waals surface area contributed by atoms with Crippen LogP contribution in [0.15, 0.2) is 6.20 Å². The number of carbonyl (C=O) groups is 1. The second kappa shape index (κ2) is 6.99. The fraction of sp³-hybridized carbons (Fsp3) is 0.643. The summed E-state index contributed by atoms with van der Waals surface area (Å²) in [6.07, 6.45) is 2.89. The lowest BCUT2D eigenvalue weighted by molar-refractivity contribution is 0.0468. The number of amides is 1. The first-order chi connectivity index (χ1) is 9.26. The molecule has 1 aromatic rings. The molecule has 2 N–H and O–H groups in total. The molecule has 1 amide bonds. The van der Waals surface area contributed by atoms with Crippen LogP contribution in [0.25, 0.3) is 0 Å². The van der Waals surface area contributed by atoms with Crippen molar-refractivity contribution >= 4 is 17.5 Å². The van der Waals surface area contributed by atoms with E-state index in [9.17, 15) is 9.90 Å². The summed E-state index contributed by atoms with van der Waals surface area (Å²) >= 11 is 5.96. The van der Waals surface area contributed by atoms with Crippen LogP contribution < -0.4 is 5.32 Å². The number of carbonyl (C=O) groups excluding carboxylic acids is 1. The Bertz CT molecular complexity index is 475. The molecule has 0 bridgehead atoms. The van der Waals surface area contributed by atoms with E-state index in [2.05, 4.69) is 15.3 Å². The molecule has 1 heterocycles. The van der Waals surface area contributed by atoms with E-state index in [4.69, 9.17) is 11.6 Å². The van der Waals surface area contributed by atoms with Crippen LogP contribution in [0.3, 0.4) is 0 Å². The molecule has 0 saturated heterocycles. The predicted octanol–water partition coefficient (Wildman–Crippen LogP) is 2.53. The molecular formula is C14H22ClN3O2. The maximum absolute atomic E-state index is 12.1. The van der Waals surface area contributed by atoms with E-state index >= 15 is 0 Å². The SMILES string of the molecule is CCCC(C)(O)CNC(=O)c1nc(C(C)C)ncc1Cl. The molecule has 5 nitrogen and oxygen atoms in total. The quantitative estimate of drug-likeness (QED) is 0.846. The highest BCUT2D eigenvalue weighted by Gasteiger charge is 2.22. The van der Waals surface area contributed by atoms with Crippen molar-refractivity contribution in [2.24, 2.45) is 0 Å². The van der Waals surface area contributed by atoms with Crippen LogP contribution in [0.5, 0.6) is 0 Å². The molecule has 0 fully saturated rings. The summed E-state index contributed by atoms with van der Waals surface area (Å²) < 4.78 is 0. The number of aromatic nitrogens is 2. The van der Waals surface area contributed by atoms with Gasteiger partial charge in [0.05, 0.1) is 16.8 Å². The molecule has 0 radical (unpaired) electrons. The van der Waals surface area contributed by atoms with E-state index in [1.807, 2.05) is 20.8 Å². The molecule has 1 rings (SSSR count). The Labute approximate surface area is 124 Å². The van der Waals surface area contributed by atoms with E-state index in [1.54, 1.807) is 6.92 Å². The Balaban J connectivity index is 2.80. The van der Waals surface area contributed by atoms with Gasteiger partial charge < -0.3 is 10.4 Å². The monoisotopic (exact) mass is 299 g/mol. The van der Waals surface area contributed by atoms with Gasteiger partial charge in [0.15, 0.2) is 0 Å². The average Bonchev–Trinajstić information content (AvgIpc) is 2.36. The maximum Gasteiger partial charge on any atom is 0.271 e. The van der Waals surface area contributed by atoms with Crippen LogP contribution in [-0.4, -0.2) is 33.1 Å². The van der Waals surface area contributed by atoms with Crippen LogP contribution in [-0.2, 0) is 0 Å². The van der Waals surface area contributed by atoms with Gasteiger partial charge in [-0.05, 0) is 13.3 Å². The number of hydrogen-bond donors (Lipinski definition) is 2. The molecule has 20 heavy (non-hydrogen) atoms. The van der Waals surface area contributed by atoms with Gasteiger partial charge in [-0.2, -0.15) is 0 Å². The van der Waals surface area contributed by atoms with Crippen molar-refractivity contribution in [3.63, 3.8) is 0 Å². The molecule has 1 unspecified atom stereocenters. The first-order valence-electron chi connectivity index (χ1n) is 6.80. The third kappa shape index (κ3) is 4.72. The Hall–Kier alpha value is -1.20. The summed E-state index contributed by atoms with van der Waals surface area (Å²) in [6, 6.07) is 0. The maximum atomic E-state index is 12.1. The van der Waals surface area contributed by atoms with E-state index in [-0.39, 0.29) is 23.2 Å². The summed E-state index contributed by atoms with van der Waals surface area (Å²) in [7, 11) is 0. The number of nitrogens with zero attached hydrogens (tertiary/aromatic N) is 2. The first kappa shape index (κ1) is 16.9. The first-order valence-corrected chi connectivity index (χ1v) is 7.17. The summed E-state index contributed by atoms with van der Waals surface area (Å²) in [5.74, 6) is 0.289. The molecule has 0 aliphatic heterocycles. The van der Waals surface area contributed by atoms with Gasteiger partial charge >= 0.3 is 0 Å². The van der Waals surface area contributed by atoms with Gasteiger partial charge in [-0.25, -0.2) is 9.97 Å². The van der Waals surface area contributed by atoms with Crippen molar-refractivity contribution in [1.82, 2.24) is 15.3 Å². The molecule has 0 saturated carbocycles. The van der Waals surface area contributed by atoms with Crippen molar-refractivity contribution in [3.8, 4) is 0 Å². The van der Waals surface area contributed by atoms with Crippen molar-refractivity contribution < 1.29 is 9.90 Å². The zero-order valence-corrected chi connectivity index (χ0v) is 13.2. The normalized spacial score (nSPS) is 14.2. The summed E-state index contributed by atoms with van der Waals surface area (Å²) in [5.41, 5.74) is -0.775. The van der Waals surface area contributed by atoms with E-state index in [0.717, 1.165) is 6.42 Å². The van der Waals surface area contributed by atoms with Gasteiger partial charge in [-0.1, -0.05) is 38.8 Å². The molecule has 0 aromatic carbocycles. The number of hydrogen-bond acceptors (Lipinski definition) is 4. The lowest BCUT2D eigenvalue weighted by Gasteiger charge is -2.22. The Kier molecular flexibility index (Phi) is 5.89. The van der Waals surface area contributed by atoms with Gasteiger partial charge in [0.2, 0.25) is 0 Å². The zero-order chi connectivity index (χ0) is 15.3. The molecule has 6 heteroatoms. The van der Waals surface area contributed by atoms with E-state index < -0.39 is 11.5 Å². The molecule has 0 aliphatic carbocycles.